The Morgan fingerprint density at radius 1 is 1.02 bits per heavy atom. The minimum Gasteiger partial charge on any atom is -0.469 e. The highest BCUT2D eigenvalue weighted by molar-refractivity contribution is 6.21. The standard InChI is InChI=1S/C34H47NO5/c1-20(9-14-30(37)40-4)26-12-13-27-25-11-10-22-17-21(15-16-33(22,2)28(25)18-29(36)34(26,27)3)19-35-31(38)23-7-5-6-8-24(23)32(35)39/h5-8,20-22,25-29,36H,9-19H2,1-4H3/t20?,21-,22+,25?,26+,27?,28?,29-,33-,34+/m0/s1. The van der Waals surface area contributed by atoms with Crippen LogP contribution in [-0.2, 0) is 9.53 Å². The summed E-state index contributed by atoms with van der Waals surface area (Å²) in [5.41, 5.74) is 1.21. The van der Waals surface area contributed by atoms with E-state index in [2.05, 4.69) is 20.8 Å². The lowest BCUT2D eigenvalue weighted by molar-refractivity contribution is -0.172. The molecule has 10 atom stereocenters. The molecule has 5 aliphatic rings. The monoisotopic (exact) mass is 549 g/mol. The molecular formula is C34H47NO5. The number of rotatable bonds is 6. The average molecular weight is 550 g/mol. The summed E-state index contributed by atoms with van der Waals surface area (Å²) in [6, 6.07) is 7.20. The molecule has 40 heavy (non-hydrogen) atoms. The number of ether oxygens (including phenoxy) is 1. The maximum Gasteiger partial charge on any atom is 0.305 e. The van der Waals surface area contributed by atoms with Crippen LogP contribution in [0, 0.1) is 52.3 Å². The van der Waals surface area contributed by atoms with E-state index in [9.17, 15) is 19.5 Å². The lowest BCUT2D eigenvalue weighted by Crippen LogP contribution is -2.58. The second-order valence-electron chi connectivity index (χ2n) is 14.5. The van der Waals surface area contributed by atoms with E-state index in [4.69, 9.17) is 4.74 Å². The van der Waals surface area contributed by atoms with E-state index < -0.39 is 0 Å². The molecule has 218 valence electrons. The maximum atomic E-state index is 13.0. The first-order valence-electron chi connectivity index (χ1n) is 15.8. The number of hydrogen-bond donors (Lipinski definition) is 1. The van der Waals surface area contributed by atoms with Gasteiger partial charge in [-0.2, -0.15) is 0 Å². The summed E-state index contributed by atoms with van der Waals surface area (Å²) in [4.78, 5) is 39.3. The van der Waals surface area contributed by atoms with Gasteiger partial charge in [-0.3, -0.25) is 19.3 Å². The van der Waals surface area contributed by atoms with Crippen molar-refractivity contribution >= 4 is 17.8 Å². The molecule has 1 heterocycles. The molecule has 6 rings (SSSR count). The van der Waals surface area contributed by atoms with Crippen molar-refractivity contribution in [1.29, 1.82) is 0 Å². The van der Waals surface area contributed by atoms with Crippen molar-refractivity contribution in [2.45, 2.75) is 91.1 Å². The molecule has 0 aromatic heterocycles. The normalized spacial score (nSPS) is 41.1. The second kappa shape index (κ2) is 10.3. The van der Waals surface area contributed by atoms with Gasteiger partial charge in [-0.1, -0.05) is 32.9 Å². The molecule has 1 aromatic rings. The highest BCUT2D eigenvalue weighted by atomic mass is 16.5. The van der Waals surface area contributed by atoms with Crippen LogP contribution in [0.1, 0.15) is 106 Å². The summed E-state index contributed by atoms with van der Waals surface area (Å²) in [6.45, 7) is 7.65. The Bertz CT molecular complexity index is 1150. The molecule has 0 spiro atoms. The number of amides is 2. The molecule has 6 heteroatoms. The van der Waals surface area contributed by atoms with E-state index in [1.54, 1.807) is 12.1 Å². The predicted octanol–water partition coefficient (Wildman–Crippen LogP) is 6.12. The summed E-state index contributed by atoms with van der Waals surface area (Å²) < 4.78 is 4.89. The zero-order valence-electron chi connectivity index (χ0n) is 24.7. The van der Waals surface area contributed by atoms with Crippen LogP contribution in [0.5, 0.6) is 0 Å². The third-order valence-corrected chi connectivity index (χ3v) is 13.0. The lowest BCUT2D eigenvalue weighted by Gasteiger charge is -2.62. The van der Waals surface area contributed by atoms with Crippen molar-refractivity contribution in [3.63, 3.8) is 0 Å². The predicted molar refractivity (Wildman–Crippen MR) is 152 cm³/mol. The molecule has 6 nitrogen and oxygen atoms in total. The van der Waals surface area contributed by atoms with E-state index in [1.165, 1.54) is 31.3 Å². The Labute approximate surface area is 239 Å². The first kappa shape index (κ1) is 27.9. The molecule has 4 unspecified atom stereocenters. The van der Waals surface area contributed by atoms with Crippen molar-refractivity contribution in [1.82, 2.24) is 4.90 Å². The van der Waals surface area contributed by atoms with Crippen LogP contribution < -0.4 is 0 Å². The summed E-state index contributed by atoms with van der Waals surface area (Å²) in [6.07, 6.45) is 9.84. The van der Waals surface area contributed by atoms with Crippen molar-refractivity contribution in [2.75, 3.05) is 13.7 Å². The number of nitrogens with zero attached hydrogens (tertiary/aromatic N) is 1. The molecule has 0 bridgehead atoms. The highest BCUT2D eigenvalue weighted by Gasteiger charge is 2.63. The lowest BCUT2D eigenvalue weighted by atomic mass is 9.43. The molecule has 1 aliphatic heterocycles. The molecule has 1 N–H and O–H groups in total. The van der Waals surface area contributed by atoms with Gasteiger partial charge in [0, 0.05) is 13.0 Å². The largest absolute Gasteiger partial charge is 0.469 e. The molecule has 4 saturated carbocycles. The number of imide groups is 1. The quantitative estimate of drug-likeness (QED) is 0.342. The Morgan fingerprint density at radius 2 is 1.73 bits per heavy atom. The van der Waals surface area contributed by atoms with Gasteiger partial charge in [-0.25, -0.2) is 0 Å². The smallest absolute Gasteiger partial charge is 0.305 e. The van der Waals surface area contributed by atoms with Gasteiger partial charge in [-0.05, 0) is 122 Å². The zero-order valence-corrected chi connectivity index (χ0v) is 24.7. The van der Waals surface area contributed by atoms with Gasteiger partial charge >= 0.3 is 5.97 Å². The average Bonchev–Trinajstić information content (AvgIpc) is 3.43. The van der Waals surface area contributed by atoms with Gasteiger partial charge in [0.25, 0.3) is 11.8 Å². The number of methoxy groups -OCH3 is 1. The fourth-order valence-electron chi connectivity index (χ4n) is 10.7. The van der Waals surface area contributed by atoms with E-state index in [1.807, 2.05) is 12.1 Å². The second-order valence-corrected chi connectivity index (χ2v) is 14.5. The van der Waals surface area contributed by atoms with Crippen LogP contribution >= 0.6 is 0 Å². The van der Waals surface area contributed by atoms with Gasteiger partial charge in [-0.15, -0.1) is 0 Å². The van der Waals surface area contributed by atoms with E-state index in [-0.39, 0.29) is 34.7 Å². The van der Waals surface area contributed by atoms with Crippen LogP contribution in [0.25, 0.3) is 0 Å². The van der Waals surface area contributed by atoms with Crippen LogP contribution in [0.2, 0.25) is 0 Å². The van der Waals surface area contributed by atoms with E-state index >= 15 is 0 Å². The number of fused-ring (bicyclic) bond motifs is 6. The van der Waals surface area contributed by atoms with Crippen LogP contribution in [0.15, 0.2) is 24.3 Å². The molecule has 4 fully saturated rings. The minimum atomic E-state index is -0.307. The Balaban J connectivity index is 1.14. The highest BCUT2D eigenvalue weighted by Crippen LogP contribution is 2.68. The summed E-state index contributed by atoms with van der Waals surface area (Å²) in [7, 11) is 1.46. The number of hydrogen-bond acceptors (Lipinski definition) is 5. The molecule has 0 saturated heterocycles. The Morgan fingerprint density at radius 3 is 2.40 bits per heavy atom. The third kappa shape index (κ3) is 4.18. The van der Waals surface area contributed by atoms with Gasteiger partial charge in [0.05, 0.1) is 24.3 Å². The van der Waals surface area contributed by atoms with Gasteiger partial charge in [0.15, 0.2) is 0 Å². The minimum absolute atomic E-state index is 0.0808. The summed E-state index contributed by atoms with van der Waals surface area (Å²) in [5, 5.41) is 11.8. The van der Waals surface area contributed by atoms with Crippen molar-refractivity contribution in [2.24, 2.45) is 52.3 Å². The Hall–Kier alpha value is -2.21. The van der Waals surface area contributed by atoms with Crippen molar-refractivity contribution in [3.8, 4) is 0 Å². The first-order valence-corrected chi connectivity index (χ1v) is 15.8. The summed E-state index contributed by atoms with van der Waals surface area (Å²) >= 11 is 0. The maximum absolute atomic E-state index is 13.0. The molecular weight excluding hydrogens is 502 g/mol. The van der Waals surface area contributed by atoms with E-state index in [0.717, 1.165) is 38.5 Å². The fraction of sp³-hybridized carbons (Fsp3) is 0.735. The van der Waals surface area contributed by atoms with Crippen LogP contribution in [0.3, 0.4) is 0 Å². The number of carbonyl (C=O) groups is 3. The van der Waals surface area contributed by atoms with Gasteiger partial charge in [0.1, 0.15) is 0 Å². The number of benzene rings is 1. The molecule has 4 aliphatic carbocycles. The van der Waals surface area contributed by atoms with Crippen LogP contribution in [0.4, 0.5) is 0 Å². The van der Waals surface area contributed by atoms with Crippen molar-refractivity contribution in [3.05, 3.63) is 35.4 Å². The summed E-state index contributed by atoms with van der Waals surface area (Å²) in [5.74, 6) is 3.08. The molecule has 2 amide bonds. The van der Waals surface area contributed by atoms with Gasteiger partial charge in [0.2, 0.25) is 0 Å². The number of carbonyl (C=O) groups excluding carboxylic acids is 3. The fourth-order valence-corrected chi connectivity index (χ4v) is 10.7. The van der Waals surface area contributed by atoms with E-state index in [0.29, 0.717) is 65.5 Å². The first-order chi connectivity index (χ1) is 19.1. The number of aliphatic hydroxyl groups excluding tert-OH is 1. The SMILES string of the molecule is COC(=O)CCC(C)[C@H]1CCC2C3CC[C@@H]4C[C@@H](CN5C(=O)c6ccccc6C5=O)CC[C@]4(C)C3C[C@H](O)[C@@]21C. The van der Waals surface area contributed by atoms with Crippen molar-refractivity contribution < 1.29 is 24.2 Å². The zero-order chi connectivity index (χ0) is 28.4. The van der Waals surface area contributed by atoms with Gasteiger partial charge < -0.3 is 9.84 Å². The topological polar surface area (TPSA) is 83.9 Å². The molecule has 1 aromatic carbocycles. The number of aliphatic hydroxyl groups is 1. The molecule has 0 radical (unpaired) electrons. The Kier molecular flexibility index (Phi) is 7.16. The van der Waals surface area contributed by atoms with Crippen LogP contribution in [-0.4, -0.2) is 47.5 Å². The third-order valence-electron chi connectivity index (χ3n) is 13.0. The number of esters is 1.